The number of hydrogen-bond acceptors (Lipinski definition) is 2. The van der Waals surface area contributed by atoms with Gasteiger partial charge in [0.05, 0.1) is 17.9 Å². The lowest BCUT2D eigenvalue weighted by Gasteiger charge is -2.07. The standard InChI is InChI=1S/C16H14NO2/c1-17-15-6-4-3-5-12(15)14(10-18)13-9-11(19-2)7-8-16(13)17/h3-10H,1-2H3/q+1. The molecule has 0 fully saturated rings. The van der Waals surface area contributed by atoms with Gasteiger partial charge < -0.3 is 4.74 Å². The molecule has 3 nitrogen and oxygen atoms in total. The third-order valence-corrected chi connectivity index (χ3v) is 3.53. The lowest BCUT2D eigenvalue weighted by Crippen LogP contribution is -2.30. The molecular weight excluding hydrogens is 238 g/mol. The lowest BCUT2D eigenvalue weighted by molar-refractivity contribution is -0.617. The number of aromatic nitrogens is 1. The number of hydrogen-bond donors (Lipinski definition) is 0. The molecule has 19 heavy (non-hydrogen) atoms. The summed E-state index contributed by atoms with van der Waals surface area (Å²) in [6.07, 6.45) is 0.921. The Balaban J connectivity index is 2.58. The Kier molecular flexibility index (Phi) is 2.67. The van der Waals surface area contributed by atoms with Crippen molar-refractivity contribution in [3.8, 4) is 5.75 Å². The van der Waals surface area contributed by atoms with Gasteiger partial charge in [0.25, 0.3) is 0 Å². The highest BCUT2D eigenvalue weighted by atomic mass is 16.5. The molecule has 0 radical (unpaired) electrons. The molecule has 0 atom stereocenters. The number of para-hydroxylation sites is 1. The van der Waals surface area contributed by atoms with E-state index in [1.807, 2.05) is 49.5 Å². The average Bonchev–Trinajstić information content (AvgIpc) is 2.47. The zero-order valence-electron chi connectivity index (χ0n) is 10.9. The molecule has 0 aliphatic heterocycles. The predicted octanol–water partition coefficient (Wildman–Crippen LogP) is 2.64. The fourth-order valence-electron chi connectivity index (χ4n) is 2.55. The van der Waals surface area contributed by atoms with Gasteiger partial charge in [-0.15, -0.1) is 0 Å². The van der Waals surface area contributed by atoms with Crippen LogP contribution in [0.4, 0.5) is 0 Å². The highest BCUT2D eigenvalue weighted by molar-refractivity contribution is 6.07. The summed E-state index contributed by atoms with van der Waals surface area (Å²) < 4.78 is 7.34. The maximum Gasteiger partial charge on any atom is 0.213 e. The molecule has 0 aliphatic carbocycles. The molecule has 2 aromatic carbocycles. The fourth-order valence-corrected chi connectivity index (χ4v) is 2.55. The number of aryl methyl sites for hydroxylation is 1. The lowest BCUT2D eigenvalue weighted by atomic mass is 10.0. The van der Waals surface area contributed by atoms with Crippen molar-refractivity contribution in [2.75, 3.05) is 7.11 Å². The Morgan fingerprint density at radius 2 is 1.79 bits per heavy atom. The SMILES string of the molecule is COc1ccc2c(c1)c(C=O)c1ccccc1[n+]2C. The predicted molar refractivity (Wildman–Crippen MR) is 74.6 cm³/mol. The van der Waals surface area contributed by atoms with E-state index >= 15 is 0 Å². The maximum absolute atomic E-state index is 11.5. The van der Waals surface area contributed by atoms with Crippen molar-refractivity contribution in [2.24, 2.45) is 7.05 Å². The summed E-state index contributed by atoms with van der Waals surface area (Å²) in [7, 11) is 3.63. The molecule has 1 heterocycles. The van der Waals surface area contributed by atoms with E-state index in [0.29, 0.717) is 5.56 Å². The minimum atomic E-state index is 0.711. The van der Waals surface area contributed by atoms with E-state index in [0.717, 1.165) is 33.8 Å². The number of rotatable bonds is 2. The van der Waals surface area contributed by atoms with Crippen LogP contribution in [-0.4, -0.2) is 13.4 Å². The van der Waals surface area contributed by atoms with Crippen LogP contribution in [0.1, 0.15) is 10.4 Å². The summed E-state index contributed by atoms with van der Waals surface area (Å²) in [4.78, 5) is 11.5. The largest absolute Gasteiger partial charge is 0.497 e. The third kappa shape index (κ3) is 1.66. The molecule has 0 aliphatic rings. The van der Waals surface area contributed by atoms with E-state index in [-0.39, 0.29) is 0 Å². The van der Waals surface area contributed by atoms with Crippen molar-refractivity contribution in [1.29, 1.82) is 0 Å². The van der Waals surface area contributed by atoms with Gasteiger partial charge in [-0.2, -0.15) is 4.57 Å². The van der Waals surface area contributed by atoms with Crippen LogP contribution in [0.3, 0.4) is 0 Å². The minimum absolute atomic E-state index is 0.711. The summed E-state index contributed by atoms with van der Waals surface area (Å²) in [5.41, 5.74) is 2.77. The van der Waals surface area contributed by atoms with Crippen LogP contribution < -0.4 is 9.30 Å². The first-order valence-corrected chi connectivity index (χ1v) is 6.10. The Labute approximate surface area is 111 Å². The van der Waals surface area contributed by atoms with E-state index in [1.165, 1.54) is 0 Å². The summed E-state index contributed by atoms with van der Waals surface area (Å²) >= 11 is 0. The Hall–Kier alpha value is -2.42. The molecule has 94 valence electrons. The van der Waals surface area contributed by atoms with Crippen molar-refractivity contribution in [2.45, 2.75) is 0 Å². The average molecular weight is 252 g/mol. The summed E-state index contributed by atoms with van der Waals surface area (Å²) in [5.74, 6) is 0.755. The molecule has 3 rings (SSSR count). The number of carbonyl (C=O) groups excluding carboxylic acids is 1. The van der Waals surface area contributed by atoms with Gasteiger partial charge in [-0.1, -0.05) is 12.1 Å². The number of nitrogens with zero attached hydrogens (tertiary/aromatic N) is 1. The van der Waals surface area contributed by atoms with Crippen molar-refractivity contribution in [1.82, 2.24) is 0 Å². The summed E-state index contributed by atoms with van der Waals surface area (Å²) in [6.45, 7) is 0. The van der Waals surface area contributed by atoms with Crippen molar-refractivity contribution in [3.63, 3.8) is 0 Å². The first kappa shape index (κ1) is 11.7. The summed E-state index contributed by atoms with van der Waals surface area (Å²) in [6, 6.07) is 13.7. The molecule has 0 unspecified atom stereocenters. The van der Waals surface area contributed by atoms with E-state index in [9.17, 15) is 4.79 Å². The van der Waals surface area contributed by atoms with Crippen LogP contribution in [0.2, 0.25) is 0 Å². The van der Waals surface area contributed by atoms with Crippen LogP contribution in [-0.2, 0) is 7.05 Å². The van der Waals surface area contributed by atoms with Gasteiger partial charge >= 0.3 is 0 Å². The summed E-state index contributed by atoms with van der Waals surface area (Å²) in [5, 5.41) is 1.87. The molecule has 0 N–H and O–H groups in total. The first-order valence-electron chi connectivity index (χ1n) is 6.10. The van der Waals surface area contributed by atoms with Gasteiger partial charge in [0.1, 0.15) is 12.8 Å². The van der Waals surface area contributed by atoms with Crippen molar-refractivity contribution in [3.05, 3.63) is 48.0 Å². The van der Waals surface area contributed by atoms with Crippen LogP contribution in [0.25, 0.3) is 21.8 Å². The number of benzene rings is 2. The smallest absolute Gasteiger partial charge is 0.213 e. The second-order valence-electron chi connectivity index (χ2n) is 4.49. The molecule has 0 saturated heterocycles. The van der Waals surface area contributed by atoms with E-state index in [2.05, 4.69) is 4.57 Å². The zero-order chi connectivity index (χ0) is 13.4. The maximum atomic E-state index is 11.5. The molecular formula is C16H14NO2+. The molecule has 1 aromatic heterocycles. The number of carbonyl (C=O) groups is 1. The minimum Gasteiger partial charge on any atom is -0.497 e. The van der Waals surface area contributed by atoms with Gasteiger partial charge in [0.15, 0.2) is 6.29 Å². The normalized spacial score (nSPS) is 10.8. The van der Waals surface area contributed by atoms with E-state index in [4.69, 9.17) is 4.74 Å². The van der Waals surface area contributed by atoms with Crippen molar-refractivity contribution < 1.29 is 14.1 Å². The van der Waals surface area contributed by atoms with Crippen LogP contribution in [0.5, 0.6) is 5.75 Å². The highest BCUT2D eigenvalue weighted by Crippen LogP contribution is 2.26. The van der Waals surface area contributed by atoms with Gasteiger partial charge in [0, 0.05) is 17.7 Å². The van der Waals surface area contributed by atoms with Crippen LogP contribution in [0, 0.1) is 0 Å². The second kappa shape index (κ2) is 4.35. The highest BCUT2D eigenvalue weighted by Gasteiger charge is 2.17. The number of ether oxygens (including phenoxy) is 1. The third-order valence-electron chi connectivity index (χ3n) is 3.53. The van der Waals surface area contributed by atoms with Crippen molar-refractivity contribution >= 4 is 28.1 Å². The van der Waals surface area contributed by atoms with Gasteiger partial charge in [-0.05, 0) is 18.2 Å². The quantitative estimate of drug-likeness (QED) is 0.399. The van der Waals surface area contributed by atoms with E-state index in [1.54, 1.807) is 7.11 Å². The van der Waals surface area contributed by atoms with E-state index < -0.39 is 0 Å². The topological polar surface area (TPSA) is 30.2 Å². The van der Waals surface area contributed by atoms with Gasteiger partial charge in [0.2, 0.25) is 11.0 Å². The first-order chi connectivity index (χ1) is 9.26. The molecule has 0 amide bonds. The Bertz CT molecular complexity index is 793. The molecule has 0 saturated carbocycles. The van der Waals surface area contributed by atoms with Crippen LogP contribution >= 0.6 is 0 Å². The number of aldehydes is 1. The number of fused-ring (bicyclic) bond motifs is 2. The molecule has 0 spiro atoms. The zero-order valence-corrected chi connectivity index (χ0v) is 10.9. The number of pyridine rings is 1. The fraction of sp³-hybridized carbons (Fsp3) is 0.125. The second-order valence-corrected chi connectivity index (χ2v) is 4.49. The van der Waals surface area contributed by atoms with Crippen LogP contribution in [0.15, 0.2) is 42.5 Å². The molecule has 3 heteroatoms. The number of methoxy groups -OCH3 is 1. The molecule has 0 bridgehead atoms. The Morgan fingerprint density at radius 1 is 1.05 bits per heavy atom. The molecule has 3 aromatic rings. The monoisotopic (exact) mass is 252 g/mol. The van der Waals surface area contributed by atoms with Gasteiger partial charge in [-0.3, -0.25) is 4.79 Å². The Morgan fingerprint density at radius 3 is 2.53 bits per heavy atom. The van der Waals surface area contributed by atoms with Gasteiger partial charge in [-0.25, -0.2) is 0 Å².